The SMILES string of the molecule is CCC(O)C(=O)N1CCNCC1c1ccccc1. The minimum Gasteiger partial charge on any atom is -0.383 e. The lowest BCUT2D eigenvalue weighted by Crippen LogP contribution is -2.51. The number of aliphatic hydroxyl groups is 1. The number of aliphatic hydroxyl groups excluding tert-OH is 1. The van der Waals surface area contributed by atoms with Gasteiger partial charge in [0.1, 0.15) is 6.10 Å². The molecule has 2 atom stereocenters. The van der Waals surface area contributed by atoms with Crippen LogP contribution < -0.4 is 5.32 Å². The number of carbonyl (C=O) groups excluding carboxylic acids is 1. The molecule has 0 aromatic heterocycles. The topological polar surface area (TPSA) is 52.6 Å². The van der Waals surface area contributed by atoms with E-state index in [0.717, 1.165) is 18.7 Å². The molecule has 0 radical (unpaired) electrons. The third kappa shape index (κ3) is 2.71. The minimum atomic E-state index is -0.880. The zero-order valence-corrected chi connectivity index (χ0v) is 10.7. The molecule has 0 saturated carbocycles. The quantitative estimate of drug-likeness (QED) is 0.836. The maximum Gasteiger partial charge on any atom is 0.252 e. The second kappa shape index (κ2) is 5.98. The highest BCUT2D eigenvalue weighted by Crippen LogP contribution is 2.23. The van der Waals surface area contributed by atoms with E-state index < -0.39 is 6.10 Å². The van der Waals surface area contributed by atoms with Crippen LogP contribution in [0.3, 0.4) is 0 Å². The summed E-state index contributed by atoms with van der Waals surface area (Å²) in [6.45, 7) is 4.00. The van der Waals surface area contributed by atoms with Crippen LogP contribution in [0.25, 0.3) is 0 Å². The second-order valence-electron chi connectivity index (χ2n) is 4.59. The number of hydrogen-bond acceptors (Lipinski definition) is 3. The van der Waals surface area contributed by atoms with E-state index in [-0.39, 0.29) is 11.9 Å². The molecule has 1 saturated heterocycles. The van der Waals surface area contributed by atoms with Gasteiger partial charge in [-0.3, -0.25) is 4.79 Å². The smallest absolute Gasteiger partial charge is 0.252 e. The molecule has 1 fully saturated rings. The van der Waals surface area contributed by atoms with Crippen molar-refractivity contribution in [2.45, 2.75) is 25.5 Å². The lowest BCUT2D eigenvalue weighted by Gasteiger charge is -2.37. The molecule has 18 heavy (non-hydrogen) atoms. The van der Waals surface area contributed by atoms with Gasteiger partial charge >= 0.3 is 0 Å². The van der Waals surface area contributed by atoms with E-state index in [1.54, 1.807) is 4.90 Å². The molecule has 1 aromatic carbocycles. The summed E-state index contributed by atoms with van der Waals surface area (Å²) in [5.74, 6) is -0.159. The molecule has 0 aliphatic carbocycles. The first-order valence-corrected chi connectivity index (χ1v) is 6.48. The van der Waals surface area contributed by atoms with Crippen LogP contribution in [-0.4, -0.2) is 41.7 Å². The molecule has 1 aromatic rings. The number of hydrogen-bond donors (Lipinski definition) is 2. The van der Waals surface area contributed by atoms with Gasteiger partial charge in [-0.1, -0.05) is 37.3 Å². The number of rotatable bonds is 3. The largest absolute Gasteiger partial charge is 0.383 e. The second-order valence-corrected chi connectivity index (χ2v) is 4.59. The number of amides is 1. The molecule has 2 N–H and O–H groups in total. The summed E-state index contributed by atoms with van der Waals surface area (Å²) < 4.78 is 0. The Labute approximate surface area is 108 Å². The van der Waals surface area contributed by atoms with Crippen molar-refractivity contribution in [3.05, 3.63) is 35.9 Å². The van der Waals surface area contributed by atoms with Gasteiger partial charge in [0.15, 0.2) is 0 Å². The van der Waals surface area contributed by atoms with Gasteiger partial charge in [0.2, 0.25) is 0 Å². The minimum absolute atomic E-state index is 0.0219. The lowest BCUT2D eigenvalue weighted by molar-refractivity contribution is -0.143. The first-order chi connectivity index (χ1) is 8.74. The number of benzene rings is 1. The first-order valence-electron chi connectivity index (χ1n) is 6.48. The van der Waals surface area contributed by atoms with Crippen LogP contribution in [0.5, 0.6) is 0 Å². The molecule has 0 spiro atoms. The monoisotopic (exact) mass is 248 g/mol. The van der Waals surface area contributed by atoms with E-state index in [1.165, 1.54) is 0 Å². The summed E-state index contributed by atoms with van der Waals surface area (Å²) in [7, 11) is 0. The van der Waals surface area contributed by atoms with Gasteiger partial charge in [-0.2, -0.15) is 0 Å². The molecule has 0 bridgehead atoms. The average Bonchev–Trinajstić information content (AvgIpc) is 2.46. The fourth-order valence-corrected chi connectivity index (χ4v) is 2.31. The Hall–Kier alpha value is -1.39. The molecule has 1 heterocycles. The van der Waals surface area contributed by atoms with Crippen LogP contribution in [0.4, 0.5) is 0 Å². The van der Waals surface area contributed by atoms with Gasteiger partial charge in [-0.25, -0.2) is 0 Å². The summed E-state index contributed by atoms with van der Waals surface area (Å²) in [6, 6.07) is 9.99. The molecule has 4 heteroatoms. The van der Waals surface area contributed by atoms with Crippen LogP contribution in [0.1, 0.15) is 24.9 Å². The normalized spacial score (nSPS) is 21.7. The Bertz CT molecular complexity index is 394. The van der Waals surface area contributed by atoms with Gasteiger partial charge in [0, 0.05) is 19.6 Å². The van der Waals surface area contributed by atoms with E-state index >= 15 is 0 Å². The predicted molar refractivity (Wildman–Crippen MR) is 70.1 cm³/mol. The maximum absolute atomic E-state index is 12.2. The fourth-order valence-electron chi connectivity index (χ4n) is 2.31. The lowest BCUT2D eigenvalue weighted by atomic mass is 10.0. The van der Waals surface area contributed by atoms with Crippen molar-refractivity contribution in [3.8, 4) is 0 Å². The number of nitrogens with zero attached hydrogens (tertiary/aromatic N) is 1. The third-order valence-corrected chi connectivity index (χ3v) is 3.38. The highest BCUT2D eigenvalue weighted by molar-refractivity contribution is 5.81. The highest BCUT2D eigenvalue weighted by Gasteiger charge is 2.30. The van der Waals surface area contributed by atoms with Crippen molar-refractivity contribution in [1.29, 1.82) is 0 Å². The molecule has 1 aliphatic rings. The van der Waals surface area contributed by atoms with Gasteiger partial charge in [-0.05, 0) is 12.0 Å². The fraction of sp³-hybridized carbons (Fsp3) is 0.500. The highest BCUT2D eigenvalue weighted by atomic mass is 16.3. The summed E-state index contributed by atoms with van der Waals surface area (Å²) in [4.78, 5) is 14.0. The summed E-state index contributed by atoms with van der Waals surface area (Å²) in [6.07, 6.45) is -0.418. The Morgan fingerprint density at radius 3 is 2.89 bits per heavy atom. The summed E-state index contributed by atoms with van der Waals surface area (Å²) >= 11 is 0. The van der Waals surface area contributed by atoms with Crippen molar-refractivity contribution in [3.63, 3.8) is 0 Å². The van der Waals surface area contributed by atoms with E-state index in [9.17, 15) is 9.90 Å². The van der Waals surface area contributed by atoms with Crippen molar-refractivity contribution in [2.75, 3.05) is 19.6 Å². The third-order valence-electron chi connectivity index (χ3n) is 3.38. The van der Waals surface area contributed by atoms with Crippen LogP contribution in [-0.2, 0) is 4.79 Å². The first kappa shape index (κ1) is 13.1. The molecule has 4 nitrogen and oxygen atoms in total. The van der Waals surface area contributed by atoms with E-state index in [4.69, 9.17) is 0 Å². The zero-order valence-electron chi connectivity index (χ0n) is 10.7. The van der Waals surface area contributed by atoms with Gasteiger partial charge < -0.3 is 15.3 Å². The molecule has 98 valence electrons. The van der Waals surface area contributed by atoms with Crippen LogP contribution in [0.2, 0.25) is 0 Å². The van der Waals surface area contributed by atoms with Crippen LogP contribution in [0, 0.1) is 0 Å². The number of piperazine rings is 1. The number of carbonyl (C=O) groups is 1. The molecular weight excluding hydrogens is 228 g/mol. The van der Waals surface area contributed by atoms with Crippen molar-refractivity contribution in [1.82, 2.24) is 10.2 Å². The van der Waals surface area contributed by atoms with Crippen molar-refractivity contribution < 1.29 is 9.90 Å². The molecular formula is C14H20N2O2. The molecule has 1 amide bonds. The Morgan fingerprint density at radius 1 is 1.50 bits per heavy atom. The van der Waals surface area contributed by atoms with E-state index in [1.807, 2.05) is 37.3 Å². The average molecular weight is 248 g/mol. The molecule has 1 aliphatic heterocycles. The van der Waals surface area contributed by atoms with E-state index in [2.05, 4.69) is 5.32 Å². The van der Waals surface area contributed by atoms with E-state index in [0.29, 0.717) is 13.0 Å². The van der Waals surface area contributed by atoms with Gasteiger partial charge in [0.05, 0.1) is 6.04 Å². The van der Waals surface area contributed by atoms with Crippen LogP contribution in [0.15, 0.2) is 30.3 Å². The summed E-state index contributed by atoms with van der Waals surface area (Å²) in [5.41, 5.74) is 1.11. The zero-order chi connectivity index (χ0) is 13.0. The predicted octanol–water partition coefficient (Wildman–Crippen LogP) is 0.930. The van der Waals surface area contributed by atoms with Crippen LogP contribution >= 0.6 is 0 Å². The number of nitrogens with one attached hydrogen (secondary N) is 1. The molecule has 2 unspecified atom stereocenters. The Kier molecular flexibility index (Phi) is 4.33. The van der Waals surface area contributed by atoms with Gasteiger partial charge in [-0.15, -0.1) is 0 Å². The Balaban J connectivity index is 2.19. The van der Waals surface area contributed by atoms with Crippen molar-refractivity contribution >= 4 is 5.91 Å². The standard InChI is InChI=1S/C14H20N2O2/c1-2-13(17)14(18)16-9-8-15-10-12(16)11-6-4-3-5-7-11/h3-7,12-13,15,17H,2,8-10H2,1H3. The molecule has 2 rings (SSSR count). The summed E-state index contributed by atoms with van der Waals surface area (Å²) in [5, 5.41) is 13.0. The Morgan fingerprint density at radius 2 is 2.22 bits per heavy atom. The van der Waals surface area contributed by atoms with Crippen molar-refractivity contribution in [2.24, 2.45) is 0 Å². The maximum atomic E-state index is 12.2. The van der Waals surface area contributed by atoms with Gasteiger partial charge in [0.25, 0.3) is 5.91 Å².